The van der Waals surface area contributed by atoms with Crippen LogP contribution in [0.2, 0.25) is 10.0 Å². The van der Waals surface area contributed by atoms with Crippen molar-refractivity contribution in [3.05, 3.63) is 28.2 Å². The number of rotatable bonds is 4. The van der Waals surface area contributed by atoms with Gasteiger partial charge in [0.2, 0.25) is 0 Å². The molecule has 1 heterocycles. The Bertz CT molecular complexity index is 493. The number of carbonyl (C=O) groups excluding carboxylic acids is 1. The fourth-order valence-electron chi connectivity index (χ4n) is 2.62. The van der Waals surface area contributed by atoms with Crippen molar-refractivity contribution >= 4 is 41.5 Å². The second-order valence-electron chi connectivity index (χ2n) is 5.28. The minimum atomic E-state index is -0.591. The minimum absolute atomic E-state index is 0. The highest BCUT2D eigenvalue weighted by molar-refractivity contribution is 6.34. The number of amides is 1. The number of benzene rings is 1. The van der Waals surface area contributed by atoms with Crippen LogP contribution in [0.4, 0.5) is 0 Å². The Morgan fingerprint density at radius 2 is 2.00 bits per heavy atom. The van der Waals surface area contributed by atoms with E-state index >= 15 is 0 Å². The summed E-state index contributed by atoms with van der Waals surface area (Å²) < 4.78 is 5.68. The molecule has 1 aliphatic heterocycles. The van der Waals surface area contributed by atoms with Crippen LogP contribution in [-0.4, -0.2) is 36.0 Å². The average molecular weight is 368 g/mol. The molecule has 0 aliphatic carbocycles. The maximum Gasteiger partial charge on any atom is 0.263 e. The van der Waals surface area contributed by atoms with Gasteiger partial charge in [-0.15, -0.1) is 12.4 Å². The predicted molar refractivity (Wildman–Crippen MR) is 92.2 cm³/mol. The van der Waals surface area contributed by atoms with Gasteiger partial charge in [-0.05, 0) is 44.4 Å². The Balaban J connectivity index is 0.00000242. The predicted octanol–water partition coefficient (Wildman–Crippen LogP) is 3.52. The van der Waals surface area contributed by atoms with Crippen LogP contribution in [0.1, 0.15) is 26.2 Å². The number of piperidine rings is 1. The minimum Gasteiger partial charge on any atom is -0.481 e. The normalized spacial score (nSPS) is 19.3. The molecule has 0 radical (unpaired) electrons. The van der Waals surface area contributed by atoms with Gasteiger partial charge in [-0.25, -0.2) is 0 Å². The van der Waals surface area contributed by atoms with Gasteiger partial charge in [0.15, 0.2) is 6.10 Å². The fourth-order valence-corrected chi connectivity index (χ4v) is 3.13. The first-order valence-electron chi connectivity index (χ1n) is 7.14. The van der Waals surface area contributed by atoms with E-state index in [9.17, 15) is 4.79 Å². The second kappa shape index (κ2) is 8.82. The summed E-state index contributed by atoms with van der Waals surface area (Å²) in [4.78, 5) is 14.4. The Labute approximate surface area is 147 Å². The van der Waals surface area contributed by atoms with Crippen LogP contribution in [0.3, 0.4) is 0 Å². The van der Waals surface area contributed by atoms with Crippen LogP contribution in [-0.2, 0) is 4.79 Å². The van der Waals surface area contributed by atoms with E-state index in [1.807, 2.05) is 4.90 Å². The number of ether oxygens (including phenoxy) is 1. The Kier molecular flexibility index (Phi) is 7.77. The van der Waals surface area contributed by atoms with Crippen LogP contribution >= 0.6 is 35.6 Å². The molecule has 0 aromatic heterocycles. The highest BCUT2D eigenvalue weighted by Gasteiger charge is 2.29. The topological polar surface area (TPSA) is 55.6 Å². The van der Waals surface area contributed by atoms with E-state index < -0.39 is 6.10 Å². The van der Waals surface area contributed by atoms with Crippen molar-refractivity contribution in [2.75, 3.05) is 13.1 Å². The van der Waals surface area contributed by atoms with E-state index in [0.717, 1.165) is 25.8 Å². The Hall–Kier alpha value is -0.680. The summed E-state index contributed by atoms with van der Waals surface area (Å²) in [6.45, 7) is 2.96. The molecule has 0 spiro atoms. The van der Waals surface area contributed by atoms with Gasteiger partial charge < -0.3 is 15.4 Å². The molecule has 1 aliphatic rings. The summed E-state index contributed by atoms with van der Waals surface area (Å²) in [6, 6.07) is 5.03. The third kappa shape index (κ3) is 4.92. The van der Waals surface area contributed by atoms with Gasteiger partial charge in [0.25, 0.3) is 5.91 Å². The molecule has 4 nitrogen and oxygen atoms in total. The first-order valence-corrected chi connectivity index (χ1v) is 7.90. The zero-order valence-corrected chi connectivity index (χ0v) is 14.8. The highest BCUT2D eigenvalue weighted by Crippen LogP contribution is 2.26. The molecule has 1 fully saturated rings. The number of hydrogen-bond donors (Lipinski definition) is 1. The standard InChI is InChI=1S/C15H20Cl2N2O2.ClH/c1-10(21-14-7-11(16)6-12(17)8-14)15(20)19-5-3-2-4-13(19)9-18;/h6-8,10,13H,2-5,9,18H2,1H3;1H. The third-order valence-electron chi connectivity index (χ3n) is 3.68. The quantitative estimate of drug-likeness (QED) is 0.886. The lowest BCUT2D eigenvalue weighted by Crippen LogP contribution is -2.51. The van der Waals surface area contributed by atoms with Gasteiger partial charge in [0, 0.05) is 29.2 Å². The van der Waals surface area contributed by atoms with Crippen molar-refractivity contribution in [3.63, 3.8) is 0 Å². The summed E-state index contributed by atoms with van der Waals surface area (Å²) >= 11 is 11.9. The van der Waals surface area contributed by atoms with Gasteiger partial charge >= 0.3 is 0 Å². The van der Waals surface area contributed by atoms with E-state index in [4.69, 9.17) is 33.7 Å². The lowest BCUT2D eigenvalue weighted by molar-refractivity contribution is -0.141. The first kappa shape index (κ1) is 19.4. The molecule has 1 saturated heterocycles. The lowest BCUT2D eigenvalue weighted by atomic mass is 10.0. The summed E-state index contributed by atoms with van der Waals surface area (Å²) in [5, 5.41) is 0.963. The monoisotopic (exact) mass is 366 g/mol. The summed E-state index contributed by atoms with van der Waals surface area (Å²) in [6.07, 6.45) is 2.49. The fraction of sp³-hybridized carbons (Fsp3) is 0.533. The van der Waals surface area contributed by atoms with E-state index in [2.05, 4.69) is 0 Å². The van der Waals surface area contributed by atoms with Gasteiger partial charge in [-0.1, -0.05) is 23.2 Å². The van der Waals surface area contributed by atoms with Gasteiger partial charge in [0.05, 0.1) is 0 Å². The molecule has 2 unspecified atom stereocenters. The SMILES string of the molecule is CC(Oc1cc(Cl)cc(Cl)c1)C(=O)N1CCCCC1CN.Cl. The maximum atomic E-state index is 12.5. The smallest absolute Gasteiger partial charge is 0.263 e. The van der Waals surface area contributed by atoms with Crippen LogP contribution in [0.15, 0.2) is 18.2 Å². The van der Waals surface area contributed by atoms with Crippen molar-refractivity contribution in [2.45, 2.75) is 38.3 Å². The van der Waals surface area contributed by atoms with Crippen molar-refractivity contribution in [3.8, 4) is 5.75 Å². The molecule has 1 aromatic rings. The average Bonchev–Trinajstić information content (AvgIpc) is 2.45. The largest absolute Gasteiger partial charge is 0.481 e. The van der Waals surface area contributed by atoms with Gasteiger partial charge in [-0.2, -0.15) is 0 Å². The van der Waals surface area contributed by atoms with E-state index in [1.165, 1.54) is 0 Å². The van der Waals surface area contributed by atoms with Gasteiger partial charge in [0.1, 0.15) is 5.75 Å². The molecular formula is C15H21Cl3N2O2. The molecule has 1 amide bonds. The Morgan fingerprint density at radius 1 is 1.36 bits per heavy atom. The molecule has 124 valence electrons. The molecule has 0 bridgehead atoms. The number of carbonyl (C=O) groups is 1. The number of nitrogens with zero attached hydrogens (tertiary/aromatic N) is 1. The summed E-state index contributed by atoms with van der Waals surface area (Å²) in [5.41, 5.74) is 5.75. The van der Waals surface area contributed by atoms with Crippen molar-refractivity contribution < 1.29 is 9.53 Å². The summed E-state index contributed by atoms with van der Waals surface area (Å²) in [5.74, 6) is 0.455. The number of hydrogen-bond acceptors (Lipinski definition) is 3. The highest BCUT2D eigenvalue weighted by atomic mass is 35.5. The van der Waals surface area contributed by atoms with Crippen molar-refractivity contribution in [1.82, 2.24) is 4.90 Å². The van der Waals surface area contributed by atoms with E-state index in [-0.39, 0.29) is 24.4 Å². The molecular weight excluding hydrogens is 347 g/mol. The molecule has 1 aromatic carbocycles. The molecule has 7 heteroatoms. The second-order valence-corrected chi connectivity index (χ2v) is 6.16. The first-order chi connectivity index (χ1) is 10.0. The van der Waals surface area contributed by atoms with Gasteiger partial charge in [-0.3, -0.25) is 4.79 Å². The maximum absolute atomic E-state index is 12.5. The van der Waals surface area contributed by atoms with Crippen LogP contribution < -0.4 is 10.5 Å². The lowest BCUT2D eigenvalue weighted by Gasteiger charge is -2.36. The van der Waals surface area contributed by atoms with E-state index in [0.29, 0.717) is 22.3 Å². The number of nitrogens with two attached hydrogens (primary N) is 1. The molecule has 0 saturated carbocycles. The zero-order chi connectivity index (χ0) is 15.4. The van der Waals surface area contributed by atoms with E-state index in [1.54, 1.807) is 25.1 Å². The number of likely N-dealkylation sites (tertiary alicyclic amines) is 1. The Morgan fingerprint density at radius 3 is 2.59 bits per heavy atom. The van der Waals surface area contributed by atoms with Crippen LogP contribution in [0, 0.1) is 0 Å². The number of halogens is 3. The molecule has 2 rings (SSSR count). The van der Waals surface area contributed by atoms with Crippen LogP contribution in [0.5, 0.6) is 5.75 Å². The molecule has 2 atom stereocenters. The zero-order valence-electron chi connectivity index (χ0n) is 12.4. The summed E-state index contributed by atoms with van der Waals surface area (Å²) in [7, 11) is 0. The van der Waals surface area contributed by atoms with Crippen molar-refractivity contribution in [1.29, 1.82) is 0 Å². The third-order valence-corrected chi connectivity index (χ3v) is 4.12. The van der Waals surface area contributed by atoms with Crippen LogP contribution in [0.25, 0.3) is 0 Å². The molecule has 2 N–H and O–H groups in total. The molecule has 22 heavy (non-hydrogen) atoms. The van der Waals surface area contributed by atoms with Crippen molar-refractivity contribution in [2.24, 2.45) is 5.73 Å².